The molecule has 0 aromatic heterocycles. The van der Waals surface area contributed by atoms with Crippen LogP contribution in [-0.2, 0) is 30.3 Å². The minimum absolute atomic E-state index is 0.0790. The van der Waals surface area contributed by atoms with Crippen molar-refractivity contribution in [2.24, 2.45) is 0 Å². The molecule has 0 spiro atoms. The van der Waals surface area contributed by atoms with Crippen molar-refractivity contribution in [3.63, 3.8) is 0 Å². The van der Waals surface area contributed by atoms with Crippen molar-refractivity contribution in [3.8, 4) is 0 Å². The Morgan fingerprint density at radius 1 is 1.20 bits per heavy atom. The summed E-state index contributed by atoms with van der Waals surface area (Å²) in [7, 11) is 0. The Hall–Kier alpha value is -2.61. The van der Waals surface area contributed by atoms with Crippen molar-refractivity contribution in [1.82, 2.24) is 10.0 Å². The number of rotatable bonds is 9. The molecule has 8 heteroatoms. The first-order chi connectivity index (χ1) is 14.3. The lowest BCUT2D eigenvalue weighted by atomic mass is 10.0. The number of ketones is 1. The smallest absolute Gasteiger partial charge is 0.377 e. The van der Waals surface area contributed by atoms with Crippen LogP contribution in [0.3, 0.4) is 0 Å². The highest BCUT2D eigenvalue weighted by molar-refractivity contribution is 8.03. The molecule has 0 saturated carbocycles. The third kappa shape index (κ3) is 5.95. The van der Waals surface area contributed by atoms with Crippen LogP contribution in [0.5, 0.6) is 0 Å². The van der Waals surface area contributed by atoms with Gasteiger partial charge >= 0.3 is 5.97 Å². The lowest BCUT2D eigenvalue weighted by Gasteiger charge is -2.39. The second-order valence-electron chi connectivity index (χ2n) is 7.27. The summed E-state index contributed by atoms with van der Waals surface area (Å²) in [5.74, 6) is -2.69. The molecule has 162 valence electrons. The fourth-order valence-electron chi connectivity index (χ4n) is 3.16. The van der Waals surface area contributed by atoms with Gasteiger partial charge in [0.15, 0.2) is 0 Å². The van der Waals surface area contributed by atoms with E-state index in [0.29, 0.717) is 6.42 Å². The third-order valence-electron chi connectivity index (χ3n) is 4.47. The van der Waals surface area contributed by atoms with Crippen molar-refractivity contribution >= 4 is 35.3 Å². The maximum atomic E-state index is 13.0. The fourth-order valence-corrected chi connectivity index (χ4v) is 4.13. The number of hydrogen-bond acceptors (Lipinski definition) is 6. The number of thioether (sulfide) groups is 1. The summed E-state index contributed by atoms with van der Waals surface area (Å²) < 4.78 is 5.08. The predicted molar refractivity (Wildman–Crippen MR) is 115 cm³/mol. The highest BCUT2D eigenvalue weighted by atomic mass is 32.2. The number of carbonyl (C=O) groups is 4. The van der Waals surface area contributed by atoms with Gasteiger partial charge in [0.05, 0.1) is 11.4 Å². The number of hydrogen-bond donors (Lipinski definition) is 0. The van der Waals surface area contributed by atoms with Crippen LogP contribution in [0.15, 0.2) is 41.9 Å². The highest BCUT2D eigenvalue weighted by Gasteiger charge is 2.40. The SMILES string of the molecule is CCCC1SC=CN(N(C(C)=O)[C@@H](Cc2ccccc2)C(=O)C(=O)OC(C)C)C1=O. The molecular formula is C22H28N2O5S. The van der Waals surface area contributed by atoms with Crippen LogP contribution in [0.4, 0.5) is 0 Å². The summed E-state index contributed by atoms with van der Waals surface area (Å²) in [4.78, 5) is 51.1. The summed E-state index contributed by atoms with van der Waals surface area (Å²) in [5, 5.41) is 3.64. The minimum Gasteiger partial charge on any atom is -0.457 e. The number of nitrogens with zero attached hydrogens (tertiary/aromatic N) is 2. The number of benzene rings is 1. The molecule has 7 nitrogen and oxygen atoms in total. The molecule has 1 unspecified atom stereocenters. The minimum atomic E-state index is -1.20. The van der Waals surface area contributed by atoms with E-state index in [4.69, 9.17) is 4.74 Å². The molecule has 0 bridgehead atoms. The first-order valence-corrected chi connectivity index (χ1v) is 10.9. The second kappa shape index (κ2) is 11.0. The molecule has 1 aliphatic heterocycles. The average Bonchev–Trinajstić information content (AvgIpc) is 2.69. The molecular weight excluding hydrogens is 404 g/mol. The Labute approximate surface area is 181 Å². The van der Waals surface area contributed by atoms with Crippen LogP contribution in [0, 0.1) is 0 Å². The largest absolute Gasteiger partial charge is 0.457 e. The van der Waals surface area contributed by atoms with Gasteiger partial charge in [-0.2, -0.15) is 0 Å². The van der Waals surface area contributed by atoms with E-state index in [1.807, 2.05) is 13.0 Å². The van der Waals surface area contributed by atoms with E-state index < -0.39 is 29.8 Å². The van der Waals surface area contributed by atoms with E-state index >= 15 is 0 Å². The molecule has 0 N–H and O–H groups in total. The second-order valence-corrected chi connectivity index (χ2v) is 8.38. The molecule has 1 aliphatic rings. The van der Waals surface area contributed by atoms with Gasteiger partial charge in [-0.15, -0.1) is 11.8 Å². The molecule has 0 radical (unpaired) electrons. The van der Waals surface area contributed by atoms with Crippen LogP contribution in [0.25, 0.3) is 0 Å². The first kappa shape index (κ1) is 23.7. The molecule has 2 atom stereocenters. The molecule has 2 rings (SSSR count). The Balaban J connectivity index is 2.43. The van der Waals surface area contributed by atoms with Gasteiger partial charge in [0.1, 0.15) is 6.04 Å². The van der Waals surface area contributed by atoms with Gasteiger partial charge in [-0.3, -0.25) is 14.4 Å². The Morgan fingerprint density at radius 3 is 2.43 bits per heavy atom. The molecule has 1 heterocycles. The van der Waals surface area contributed by atoms with Crippen LogP contribution in [0.1, 0.15) is 46.1 Å². The van der Waals surface area contributed by atoms with Crippen LogP contribution in [-0.4, -0.2) is 51.0 Å². The number of carbonyl (C=O) groups excluding carboxylic acids is 4. The Bertz CT molecular complexity index is 809. The van der Waals surface area contributed by atoms with E-state index in [2.05, 4.69) is 0 Å². The van der Waals surface area contributed by atoms with Crippen molar-refractivity contribution in [3.05, 3.63) is 47.5 Å². The number of esters is 1. The lowest BCUT2D eigenvalue weighted by Crippen LogP contribution is -2.58. The summed E-state index contributed by atoms with van der Waals surface area (Å²) in [6.45, 7) is 6.53. The number of Topliss-reactive ketones (excluding diaryl/α,β-unsaturated/α-hetero) is 1. The van der Waals surface area contributed by atoms with Gasteiger partial charge in [-0.05, 0) is 31.2 Å². The van der Waals surface area contributed by atoms with Crippen molar-refractivity contribution < 1.29 is 23.9 Å². The fraction of sp³-hybridized carbons (Fsp3) is 0.455. The van der Waals surface area contributed by atoms with E-state index in [1.165, 1.54) is 29.9 Å². The summed E-state index contributed by atoms with van der Waals surface area (Å²) >= 11 is 1.38. The van der Waals surface area contributed by atoms with E-state index in [0.717, 1.165) is 17.0 Å². The zero-order chi connectivity index (χ0) is 22.3. The molecule has 0 aliphatic carbocycles. The van der Waals surface area contributed by atoms with Crippen LogP contribution < -0.4 is 0 Å². The monoisotopic (exact) mass is 432 g/mol. The van der Waals surface area contributed by atoms with E-state index in [-0.39, 0.29) is 17.6 Å². The van der Waals surface area contributed by atoms with Gasteiger partial charge in [0.2, 0.25) is 5.91 Å². The van der Waals surface area contributed by atoms with Crippen molar-refractivity contribution in [1.29, 1.82) is 0 Å². The number of ether oxygens (including phenoxy) is 1. The molecule has 0 fully saturated rings. The molecule has 1 aromatic carbocycles. The highest BCUT2D eigenvalue weighted by Crippen LogP contribution is 2.28. The molecule has 2 amide bonds. The zero-order valence-corrected chi connectivity index (χ0v) is 18.6. The van der Waals surface area contributed by atoms with Crippen molar-refractivity contribution in [2.75, 3.05) is 0 Å². The molecule has 0 saturated heterocycles. The van der Waals surface area contributed by atoms with E-state index in [1.54, 1.807) is 43.5 Å². The lowest BCUT2D eigenvalue weighted by molar-refractivity contribution is -0.170. The van der Waals surface area contributed by atoms with Gasteiger partial charge in [0, 0.05) is 19.5 Å². The van der Waals surface area contributed by atoms with Crippen LogP contribution >= 0.6 is 11.8 Å². The van der Waals surface area contributed by atoms with E-state index in [9.17, 15) is 19.2 Å². The Morgan fingerprint density at radius 2 is 1.87 bits per heavy atom. The Kier molecular flexibility index (Phi) is 8.65. The van der Waals surface area contributed by atoms with Gasteiger partial charge in [-0.1, -0.05) is 43.7 Å². The van der Waals surface area contributed by atoms with Gasteiger partial charge in [-0.25, -0.2) is 14.8 Å². The normalized spacial score (nSPS) is 17.0. The summed E-state index contributed by atoms with van der Waals surface area (Å²) in [5.41, 5.74) is 0.757. The van der Waals surface area contributed by atoms with Crippen LogP contribution in [0.2, 0.25) is 0 Å². The molecule has 1 aromatic rings. The zero-order valence-electron chi connectivity index (χ0n) is 17.7. The standard InChI is InChI=1S/C22H28N2O5S/c1-5-9-19-21(27)23(12-13-30-19)24(16(4)25)18(14-17-10-7-6-8-11-17)20(26)22(28)29-15(2)3/h6-8,10-13,15,18-19H,5,9,14H2,1-4H3/t18-,19?/m0/s1. The maximum absolute atomic E-state index is 13.0. The summed E-state index contributed by atoms with van der Waals surface area (Å²) in [6, 6.07) is 7.85. The molecule has 30 heavy (non-hydrogen) atoms. The van der Waals surface area contributed by atoms with Crippen molar-refractivity contribution in [2.45, 2.75) is 64.4 Å². The first-order valence-electron chi connectivity index (χ1n) is 9.99. The van der Waals surface area contributed by atoms with Gasteiger partial charge in [0.25, 0.3) is 11.7 Å². The number of hydrazine groups is 1. The summed E-state index contributed by atoms with van der Waals surface area (Å²) in [6.07, 6.45) is 2.52. The third-order valence-corrected chi connectivity index (χ3v) is 5.51. The quantitative estimate of drug-likeness (QED) is 0.440. The topological polar surface area (TPSA) is 84.0 Å². The average molecular weight is 433 g/mol. The van der Waals surface area contributed by atoms with Gasteiger partial charge < -0.3 is 4.74 Å². The number of amides is 2. The predicted octanol–water partition coefficient (Wildman–Crippen LogP) is 3.10. The maximum Gasteiger partial charge on any atom is 0.377 e.